The summed E-state index contributed by atoms with van der Waals surface area (Å²) in [6, 6.07) is 0.949. The molecule has 0 aromatic heterocycles. The predicted octanol–water partition coefficient (Wildman–Crippen LogP) is 2.66. The highest BCUT2D eigenvalue weighted by Gasteiger charge is 2.29. The highest BCUT2D eigenvalue weighted by Crippen LogP contribution is 2.30. The van der Waals surface area contributed by atoms with E-state index >= 15 is 0 Å². The second-order valence-electron chi connectivity index (χ2n) is 4.57. The minimum Gasteiger partial charge on any atom is -0.300 e. The fraction of sp³-hybridized carbons (Fsp3) is 1.00. The van der Waals surface area contributed by atoms with Crippen LogP contribution in [0.15, 0.2) is 0 Å². The number of hydrogen-bond acceptors (Lipinski definition) is 1. The largest absolute Gasteiger partial charge is 0.300 e. The van der Waals surface area contributed by atoms with Crippen molar-refractivity contribution in [3.63, 3.8) is 0 Å². The first kappa shape index (κ1) is 8.55. The summed E-state index contributed by atoms with van der Waals surface area (Å²) < 4.78 is 0. The second kappa shape index (κ2) is 3.78. The van der Waals surface area contributed by atoms with Crippen molar-refractivity contribution in [2.45, 2.75) is 51.5 Å². The van der Waals surface area contributed by atoms with Crippen LogP contribution in [0.4, 0.5) is 0 Å². The molecule has 0 aromatic carbocycles. The summed E-state index contributed by atoms with van der Waals surface area (Å²) >= 11 is 0. The van der Waals surface area contributed by atoms with Crippen LogP contribution in [0.25, 0.3) is 0 Å². The van der Waals surface area contributed by atoms with E-state index in [0.717, 1.165) is 12.0 Å². The Hall–Kier alpha value is -0.0400. The van der Waals surface area contributed by atoms with Crippen molar-refractivity contribution < 1.29 is 0 Å². The molecule has 1 saturated heterocycles. The highest BCUT2D eigenvalue weighted by molar-refractivity contribution is 4.84. The highest BCUT2D eigenvalue weighted by atomic mass is 15.2. The molecular weight excluding hydrogens is 146 g/mol. The molecule has 0 N–H and O–H groups in total. The lowest BCUT2D eigenvalue weighted by atomic mass is 10.0. The molecule has 1 heterocycles. The van der Waals surface area contributed by atoms with Gasteiger partial charge in [0.25, 0.3) is 0 Å². The van der Waals surface area contributed by atoms with Gasteiger partial charge in [-0.15, -0.1) is 0 Å². The minimum atomic E-state index is 0.949. The van der Waals surface area contributed by atoms with Gasteiger partial charge in [-0.2, -0.15) is 0 Å². The fourth-order valence-corrected chi connectivity index (χ4v) is 2.92. The molecule has 2 fully saturated rings. The SMILES string of the molecule is C[C@@H]1CCC[C@H]1N1CCCCC1. The molecule has 0 radical (unpaired) electrons. The quantitative estimate of drug-likeness (QED) is 0.580. The molecule has 1 heteroatoms. The van der Waals surface area contributed by atoms with Gasteiger partial charge in [-0.05, 0) is 44.7 Å². The Morgan fingerprint density at radius 3 is 2.25 bits per heavy atom. The Kier molecular flexibility index (Phi) is 2.69. The molecule has 1 aliphatic carbocycles. The van der Waals surface area contributed by atoms with Crippen LogP contribution in [-0.2, 0) is 0 Å². The van der Waals surface area contributed by atoms with Crippen molar-refractivity contribution in [1.29, 1.82) is 0 Å². The maximum atomic E-state index is 2.75. The molecule has 0 unspecified atom stereocenters. The van der Waals surface area contributed by atoms with Crippen LogP contribution in [0.1, 0.15) is 45.4 Å². The Morgan fingerprint density at radius 2 is 1.67 bits per heavy atom. The van der Waals surface area contributed by atoms with E-state index in [2.05, 4.69) is 11.8 Å². The predicted molar refractivity (Wildman–Crippen MR) is 52.2 cm³/mol. The van der Waals surface area contributed by atoms with Gasteiger partial charge in [-0.3, -0.25) is 0 Å². The number of hydrogen-bond donors (Lipinski definition) is 0. The van der Waals surface area contributed by atoms with Crippen LogP contribution in [-0.4, -0.2) is 24.0 Å². The lowest BCUT2D eigenvalue weighted by Gasteiger charge is -2.34. The van der Waals surface area contributed by atoms with Crippen LogP contribution in [0.5, 0.6) is 0 Å². The van der Waals surface area contributed by atoms with Crippen molar-refractivity contribution in [2.24, 2.45) is 5.92 Å². The first-order chi connectivity index (χ1) is 5.88. The van der Waals surface area contributed by atoms with Crippen LogP contribution in [0.2, 0.25) is 0 Å². The zero-order valence-electron chi connectivity index (χ0n) is 8.26. The van der Waals surface area contributed by atoms with Gasteiger partial charge in [0, 0.05) is 6.04 Å². The summed E-state index contributed by atoms with van der Waals surface area (Å²) in [7, 11) is 0. The molecule has 12 heavy (non-hydrogen) atoms. The summed E-state index contributed by atoms with van der Waals surface area (Å²) in [6.07, 6.45) is 8.79. The average Bonchev–Trinajstić information content (AvgIpc) is 2.53. The minimum absolute atomic E-state index is 0.949. The van der Waals surface area contributed by atoms with E-state index in [9.17, 15) is 0 Å². The first-order valence-electron chi connectivity index (χ1n) is 5.62. The van der Waals surface area contributed by atoms with Crippen LogP contribution in [0.3, 0.4) is 0 Å². The standard InChI is InChI=1S/C11H21N/c1-10-6-5-7-11(10)12-8-3-2-4-9-12/h10-11H,2-9H2,1H3/t10-,11-/m1/s1. The molecule has 0 bridgehead atoms. The molecule has 1 nitrogen and oxygen atoms in total. The third-order valence-corrected chi connectivity index (χ3v) is 3.68. The third-order valence-electron chi connectivity index (χ3n) is 3.68. The summed E-state index contributed by atoms with van der Waals surface area (Å²) in [5, 5.41) is 0. The Morgan fingerprint density at radius 1 is 0.917 bits per heavy atom. The van der Waals surface area contributed by atoms with Crippen molar-refractivity contribution in [3.8, 4) is 0 Å². The summed E-state index contributed by atoms with van der Waals surface area (Å²) in [5.41, 5.74) is 0. The lowest BCUT2D eigenvalue weighted by Crippen LogP contribution is -2.40. The molecule has 70 valence electrons. The zero-order chi connectivity index (χ0) is 8.39. The fourth-order valence-electron chi connectivity index (χ4n) is 2.92. The van der Waals surface area contributed by atoms with Gasteiger partial charge < -0.3 is 4.90 Å². The van der Waals surface area contributed by atoms with Gasteiger partial charge in [-0.1, -0.05) is 19.8 Å². The Labute approximate surface area is 76.1 Å². The monoisotopic (exact) mass is 167 g/mol. The smallest absolute Gasteiger partial charge is 0.0121 e. The first-order valence-corrected chi connectivity index (χ1v) is 5.62. The summed E-state index contributed by atoms with van der Waals surface area (Å²) in [5.74, 6) is 0.975. The second-order valence-corrected chi connectivity index (χ2v) is 4.57. The van der Waals surface area contributed by atoms with Gasteiger partial charge in [0.1, 0.15) is 0 Å². The number of piperidine rings is 1. The molecule has 2 rings (SSSR count). The number of rotatable bonds is 1. The van der Waals surface area contributed by atoms with E-state index in [1.807, 2.05) is 0 Å². The van der Waals surface area contributed by atoms with E-state index in [4.69, 9.17) is 0 Å². The van der Waals surface area contributed by atoms with E-state index in [0.29, 0.717) is 0 Å². The van der Waals surface area contributed by atoms with E-state index in [1.165, 1.54) is 51.6 Å². The summed E-state index contributed by atoms with van der Waals surface area (Å²) in [4.78, 5) is 2.75. The van der Waals surface area contributed by atoms with Crippen LogP contribution >= 0.6 is 0 Å². The maximum absolute atomic E-state index is 2.75. The van der Waals surface area contributed by atoms with Crippen molar-refractivity contribution in [2.75, 3.05) is 13.1 Å². The molecule has 2 atom stereocenters. The van der Waals surface area contributed by atoms with E-state index in [-0.39, 0.29) is 0 Å². The van der Waals surface area contributed by atoms with Crippen LogP contribution < -0.4 is 0 Å². The van der Waals surface area contributed by atoms with Gasteiger partial charge in [0.05, 0.1) is 0 Å². The topological polar surface area (TPSA) is 3.24 Å². The third kappa shape index (κ3) is 1.66. The van der Waals surface area contributed by atoms with Crippen LogP contribution in [0, 0.1) is 5.92 Å². The Balaban J connectivity index is 1.89. The van der Waals surface area contributed by atoms with Crippen molar-refractivity contribution >= 4 is 0 Å². The molecule has 2 aliphatic rings. The van der Waals surface area contributed by atoms with Crippen molar-refractivity contribution in [1.82, 2.24) is 4.90 Å². The lowest BCUT2D eigenvalue weighted by molar-refractivity contribution is 0.138. The Bertz CT molecular complexity index is 138. The molecule has 1 aliphatic heterocycles. The van der Waals surface area contributed by atoms with Crippen molar-refractivity contribution in [3.05, 3.63) is 0 Å². The van der Waals surface area contributed by atoms with Gasteiger partial charge in [0.15, 0.2) is 0 Å². The molecule has 0 aromatic rings. The average molecular weight is 167 g/mol. The number of likely N-dealkylation sites (tertiary alicyclic amines) is 1. The summed E-state index contributed by atoms with van der Waals surface area (Å²) in [6.45, 7) is 5.20. The zero-order valence-corrected chi connectivity index (χ0v) is 8.26. The maximum Gasteiger partial charge on any atom is 0.0121 e. The van der Waals surface area contributed by atoms with Gasteiger partial charge >= 0.3 is 0 Å². The van der Waals surface area contributed by atoms with E-state index in [1.54, 1.807) is 0 Å². The van der Waals surface area contributed by atoms with Gasteiger partial charge in [0.2, 0.25) is 0 Å². The number of nitrogens with zero attached hydrogens (tertiary/aromatic N) is 1. The van der Waals surface area contributed by atoms with Gasteiger partial charge in [-0.25, -0.2) is 0 Å². The molecular formula is C11H21N. The molecule has 0 spiro atoms. The normalized spacial score (nSPS) is 38.8. The molecule has 0 amide bonds. The molecule has 1 saturated carbocycles. The van der Waals surface area contributed by atoms with E-state index < -0.39 is 0 Å².